The molecule has 4 nitrogen and oxygen atoms in total. The molecule has 0 aromatic carbocycles. The normalized spacial score (nSPS) is 34.0. The molecule has 20 heavy (non-hydrogen) atoms. The Bertz CT molecular complexity index is 348. The fourth-order valence-corrected chi connectivity index (χ4v) is 3.86. The van der Waals surface area contributed by atoms with Gasteiger partial charge in [0.2, 0.25) is 5.91 Å². The molecule has 2 rings (SSSR count). The van der Waals surface area contributed by atoms with Crippen LogP contribution in [0.3, 0.4) is 0 Å². The summed E-state index contributed by atoms with van der Waals surface area (Å²) in [6.07, 6.45) is 12.6. The van der Waals surface area contributed by atoms with Gasteiger partial charge in [-0.15, -0.1) is 0 Å². The van der Waals surface area contributed by atoms with Crippen molar-refractivity contribution in [1.82, 2.24) is 5.32 Å². The summed E-state index contributed by atoms with van der Waals surface area (Å²) >= 11 is 0. The van der Waals surface area contributed by atoms with E-state index in [2.05, 4.69) is 5.32 Å². The van der Waals surface area contributed by atoms with Gasteiger partial charge in [0, 0.05) is 13.0 Å². The second kappa shape index (κ2) is 7.52. The average molecular weight is 278 g/mol. The zero-order valence-corrected chi connectivity index (χ0v) is 12.4. The topological polar surface area (TPSA) is 62.1 Å². The highest BCUT2D eigenvalue weighted by molar-refractivity contribution is 5.73. The van der Waals surface area contributed by atoms with E-state index in [1.165, 1.54) is 32.1 Å². The number of carbonyl (C=O) groups is 1. The third-order valence-corrected chi connectivity index (χ3v) is 4.93. The Labute approximate surface area is 121 Å². The van der Waals surface area contributed by atoms with E-state index in [1.54, 1.807) is 6.92 Å². The fourth-order valence-electron chi connectivity index (χ4n) is 3.86. The highest BCUT2D eigenvalue weighted by atomic mass is 16.5. The second-order valence-electron chi connectivity index (χ2n) is 6.51. The van der Waals surface area contributed by atoms with Crippen LogP contribution in [-0.2, 0) is 9.53 Å². The van der Waals surface area contributed by atoms with Gasteiger partial charge in [0.15, 0.2) is 0 Å². The zero-order chi connectivity index (χ0) is 14.4. The highest BCUT2D eigenvalue weighted by Gasteiger charge is 2.27. The Morgan fingerprint density at radius 3 is 2.15 bits per heavy atom. The molecular weight excluding hydrogens is 252 g/mol. The molecule has 0 atom stereocenters. The maximum absolute atomic E-state index is 11.0. The number of hydrogen-bond acceptors (Lipinski definition) is 3. The lowest BCUT2D eigenvalue weighted by atomic mass is 9.76. The van der Waals surface area contributed by atoms with Gasteiger partial charge in [-0.2, -0.15) is 5.26 Å². The van der Waals surface area contributed by atoms with Gasteiger partial charge < -0.3 is 10.1 Å². The van der Waals surface area contributed by atoms with Crippen LogP contribution >= 0.6 is 0 Å². The van der Waals surface area contributed by atoms with Gasteiger partial charge in [0.25, 0.3) is 6.26 Å². The van der Waals surface area contributed by atoms with E-state index in [9.17, 15) is 4.79 Å². The summed E-state index contributed by atoms with van der Waals surface area (Å²) in [6.45, 7) is 1.61. The molecule has 1 N–H and O–H groups in total. The molecule has 112 valence electrons. The van der Waals surface area contributed by atoms with Crippen molar-refractivity contribution in [3.8, 4) is 6.26 Å². The van der Waals surface area contributed by atoms with Crippen molar-refractivity contribution >= 4 is 5.91 Å². The van der Waals surface area contributed by atoms with Gasteiger partial charge in [-0.1, -0.05) is 0 Å². The second-order valence-corrected chi connectivity index (χ2v) is 6.51. The van der Waals surface area contributed by atoms with E-state index in [0.29, 0.717) is 6.04 Å². The molecule has 1 amide bonds. The number of hydrogen-bond donors (Lipinski definition) is 1. The van der Waals surface area contributed by atoms with E-state index >= 15 is 0 Å². The Balaban J connectivity index is 1.64. The van der Waals surface area contributed by atoms with E-state index in [4.69, 9.17) is 10.00 Å². The highest BCUT2D eigenvalue weighted by Crippen LogP contribution is 2.35. The molecule has 4 heteroatoms. The Morgan fingerprint density at radius 2 is 1.65 bits per heavy atom. The lowest BCUT2D eigenvalue weighted by Crippen LogP contribution is -2.36. The van der Waals surface area contributed by atoms with Crippen molar-refractivity contribution in [3.05, 3.63) is 0 Å². The molecule has 0 aliphatic heterocycles. The summed E-state index contributed by atoms with van der Waals surface area (Å²) in [6, 6.07) is 0.406. The summed E-state index contributed by atoms with van der Waals surface area (Å²) in [5.41, 5.74) is 0. The predicted octanol–water partition coefficient (Wildman–Crippen LogP) is 3.13. The summed E-state index contributed by atoms with van der Waals surface area (Å²) in [5.74, 6) is 1.75. The van der Waals surface area contributed by atoms with Gasteiger partial charge in [0.05, 0.1) is 0 Å². The Hall–Kier alpha value is -1.24. The zero-order valence-electron chi connectivity index (χ0n) is 12.4. The number of carbonyl (C=O) groups excluding carboxylic acids is 1. The molecule has 0 saturated heterocycles. The third kappa shape index (κ3) is 4.70. The van der Waals surface area contributed by atoms with Crippen molar-refractivity contribution < 1.29 is 9.53 Å². The maximum Gasteiger partial charge on any atom is 0.286 e. The minimum absolute atomic E-state index is 0.101. The van der Waals surface area contributed by atoms with E-state index in [1.807, 2.05) is 6.26 Å². The first-order valence-corrected chi connectivity index (χ1v) is 7.99. The van der Waals surface area contributed by atoms with Crippen LogP contribution in [0.25, 0.3) is 0 Å². The third-order valence-electron chi connectivity index (χ3n) is 4.93. The van der Waals surface area contributed by atoms with Gasteiger partial charge in [-0.05, 0) is 69.6 Å². The number of nitrogens with one attached hydrogen (secondary N) is 1. The Kier molecular flexibility index (Phi) is 5.70. The Morgan fingerprint density at radius 1 is 1.10 bits per heavy atom. The molecule has 0 spiro atoms. The molecule has 0 radical (unpaired) electrons. The number of ether oxygens (including phenoxy) is 1. The van der Waals surface area contributed by atoms with Crippen molar-refractivity contribution in [2.75, 3.05) is 0 Å². The first-order valence-electron chi connectivity index (χ1n) is 7.99. The van der Waals surface area contributed by atoms with Crippen molar-refractivity contribution in [1.29, 1.82) is 5.26 Å². The molecule has 0 unspecified atom stereocenters. The molecule has 2 aliphatic rings. The number of amides is 1. The standard InChI is InChI=1S/C16H26N2O2/c1-12(19)18-15-6-2-13(3-7-15)10-14-4-8-16(9-5-14)20-11-17/h13-16H,2-10H2,1H3,(H,18,19). The first kappa shape index (κ1) is 15.2. The number of nitrogens with zero attached hydrogens (tertiary/aromatic N) is 1. The molecule has 0 heterocycles. The van der Waals surface area contributed by atoms with Gasteiger partial charge in [-0.3, -0.25) is 4.79 Å². The van der Waals surface area contributed by atoms with Gasteiger partial charge >= 0.3 is 0 Å². The van der Waals surface area contributed by atoms with Crippen molar-refractivity contribution in [2.24, 2.45) is 11.8 Å². The minimum atomic E-state index is 0.101. The molecule has 2 saturated carbocycles. The quantitative estimate of drug-likeness (QED) is 0.804. The van der Waals surface area contributed by atoms with Crippen LogP contribution in [0.2, 0.25) is 0 Å². The van der Waals surface area contributed by atoms with Crippen LogP contribution < -0.4 is 5.32 Å². The number of nitriles is 1. The van der Waals surface area contributed by atoms with E-state index in [-0.39, 0.29) is 12.0 Å². The van der Waals surface area contributed by atoms with Crippen molar-refractivity contribution in [2.45, 2.75) is 76.9 Å². The van der Waals surface area contributed by atoms with Crippen LogP contribution in [0.15, 0.2) is 0 Å². The first-order chi connectivity index (χ1) is 9.67. The molecule has 0 aromatic rings. The van der Waals surface area contributed by atoms with Crippen LogP contribution in [0.1, 0.15) is 64.7 Å². The molecule has 2 fully saturated rings. The monoisotopic (exact) mass is 278 g/mol. The molecular formula is C16H26N2O2. The summed E-state index contributed by atoms with van der Waals surface area (Å²) in [5, 5.41) is 11.6. The summed E-state index contributed by atoms with van der Waals surface area (Å²) in [7, 11) is 0. The largest absolute Gasteiger partial charge is 0.424 e. The van der Waals surface area contributed by atoms with E-state index < -0.39 is 0 Å². The van der Waals surface area contributed by atoms with Gasteiger partial charge in [-0.25, -0.2) is 0 Å². The van der Waals surface area contributed by atoms with Gasteiger partial charge in [0.1, 0.15) is 6.10 Å². The summed E-state index contributed by atoms with van der Waals surface area (Å²) in [4.78, 5) is 11.0. The molecule has 0 aromatic heterocycles. The van der Waals surface area contributed by atoms with Crippen LogP contribution in [0.4, 0.5) is 0 Å². The number of rotatable bonds is 4. The van der Waals surface area contributed by atoms with E-state index in [0.717, 1.165) is 37.5 Å². The maximum atomic E-state index is 11.0. The molecule has 0 bridgehead atoms. The fraction of sp³-hybridized carbons (Fsp3) is 0.875. The average Bonchev–Trinajstić information content (AvgIpc) is 2.43. The van der Waals surface area contributed by atoms with Crippen LogP contribution in [0, 0.1) is 23.4 Å². The smallest absolute Gasteiger partial charge is 0.286 e. The SMILES string of the molecule is CC(=O)NC1CCC(CC2CCC(OC#N)CC2)CC1. The van der Waals surface area contributed by atoms with Crippen LogP contribution in [-0.4, -0.2) is 18.1 Å². The predicted molar refractivity (Wildman–Crippen MR) is 76.6 cm³/mol. The lowest BCUT2D eigenvalue weighted by Gasteiger charge is -2.33. The van der Waals surface area contributed by atoms with Crippen molar-refractivity contribution in [3.63, 3.8) is 0 Å². The minimum Gasteiger partial charge on any atom is -0.424 e. The molecule has 2 aliphatic carbocycles. The lowest BCUT2D eigenvalue weighted by molar-refractivity contribution is -0.119. The summed E-state index contributed by atoms with van der Waals surface area (Å²) < 4.78 is 5.04. The van der Waals surface area contributed by atoms with Crippen LogP contribution in [0.5, 0.6) is 0 Å².